The third kappa shape index (κ3) is 5.32. The maximum atomic E-state index is 12.4. The van der Waals surface area contributed by atoms with Crippen LogP contribution in [0.2, 0.25) is 4.34 Å². The number of ketones is 1. The van der Waals surface area contributed by atoms with E-state index in [2.05, 4.69) is 22.5 Å². The summed E-state index contributed by atoms with van der Waals surface area (Å²) in [6, 6.07) is 4.96. The van der Waals surface area contributed by atoms with E-state index in [1.807, 2.05) is 19.1 Å². The number of anilines is 2. The number of carbonyl (C=O) groups is 2. The van der Waals surface area contributed by atoms with E-state index in [1.54, 1.807) is 6.07 Å². The third-order valence-electron chi connectivity index (χ3n) is 3.43. The zero-order valence-electron chi connectivity index (χ0n) is 13.7. The Balaban J connectivity index is 2.08. The fourth-order valence-corrected chi connectivity index (χ4v) is 3.04. The number of thiazole rings is 1. The molecule has 0 atom stereocenters. The highest BCUT2D eigenvalue weighted by Crippen LogP contribution is 2.24. The smallest absolute Gasteiger partial charge is 0.307 e. The summed E-state index contributed by atoms with van der Waals surface area (Å²) in [7, 11) is 0. The van der Waals surface area contributed by atoms with Gasteiger partial charge in [-0.2, -0.15) is 0 Å². The maximum Gasteiger partial charge on any atom is 0.325 e. The first-order chi connectivity index (χ1) is 11.5. The van der Waals surface area contributed by atoms with Crippen LogP contribution in [0, 0.1) is 6.92 Å². The molecule has 0 radical (unpaired) electrons. The molecule has 0 aliphatic carbocycles. The van der Waals surface area contributed by atoms with Gasteiger partial charge in [0.1, 0.15) is 4.34 Å². The van der Waals surface area contributed by atoms with Crippen LogP contribution >= 0.6 is 22.9 Å². The van der Waals surface area contributed by atoms with Gasteiger partial charge in [0.05, 0.1) is 11.9 Å². The first kappa shape index (κ1) is 18.4. The summed E-state index contributed by atoms with van der Waals surface area (Å²) in [5, 5.41) is 5.73. The highest BCUT2D eigenvalue weighted by Gasteiger charge is 2.14. The number of carbonyl (C=O) groups excluding carboxylic acids is 2. The van der Waals surface area contributed by atoms with Gasteiger partial charge in [-0.3, -0.25) is 10.1 Å². The number of unbranched alkanes of at least 4 members (excludes halogenated alkanes) is 2. The van der Waals surface area contributed by atoms with Crippen LogP contribution in [-0.2, 0) is 0 Å². The Kier molecular flexibility index (Phi) is 6.75. The number of halogens is 1. The zero-order chi connectivity index (χ0) is 17.5. The molecule has 2 aromatic rings. The number of Topliss-reactive ketones (excluding diaryl/α,β-unsaturated/α-hetero) is 1. The summed E-state index contributed by atoms with van der Waals surface area (Å²) >= 11 is 6.96. The number of nitrogens with one attached hydrogen (secondary N) is 2. The Morgan fingerprint density at radius 2 is 2.04 bits per heavy atom. The van der Waals surface area contributed by atoms with Gasteiger partial charge >= 0.3 is 6.03 Å². The molecule has 1 heterocycles. The fourth-order valence-electron chi connectivity index (χ4n) is 2.23. The molecule has 128 valence electrons. The van der Waals surface area contributed by atoms with Crippen molar-refractivity contribution >= 4 is 45.6 Å². The van der Waals surface area contributed by atoms with Crippen molar-refractivity contribution in [3.63, 3.8) is 0 Å². The Hall–Kier alpha value is -1.92. The van der Waals surface area contributed by atoms with Gasteiger partial charge < -0.3 is 5.32 Å². The number of aromatic nitrogens is 1. The lowest BCUT2D eigenvalue weighted by molar-refractivity contribution is 0.0980. The SMILES string of the molecule is CCCCCC(=O)c1cc(C)ccc1NC(=O)Nc1ncc(Cl)s1. The van der Waals surface area contributed by atoms with Crippen LogP contribution in [0.5, 0.6) is 0 Å². The monoisotopic (exact) mass is 365 g/mol. The fraction of sp³-hybridized carbons (Fsp3) is 0.353. The van der Waals surface area contributed by atoms with E-state index in [1.165, 1.54) is 17.5 Å². The molecule has 2 amide bonds. The van der Waals surface area contributed by atoms with Gasteiger partial charge in [-0.15, -0.1) is 0 Å². The highest BCUT2D eigenvalue weighted by atomic mass is 35.5. The van der Waals surface area contributed by atoms with Crippen LogP contribution in [0.3, 0.4) is 0 Å². The summed E-state index contributed by atoms with van der Waals surface area (Å²) in [6.07, 6.45) is 4.88. The van der Waals surface area contributed by atoms with E-state index < -0.39 is 6.03 Å². The molecule has 0 spiro atoms. The second kappa shape index (κ2) is 8.80. The minimum Gasteiger partial charge on any atom is -0.307 e. The van der Waals surface area contributed by atoms with Crippen molar-refractivity contribution in [2.24, 2.45) is 0 Å². The minimum atomic E-state index is -0.451. The van der Waals surface area contributed by atoms with Crippen molar-refractivity contribution in [3.05, 3.63) is 39.9 Å². The van der Waals surface area contributed by atoms with Crippen molar-refractivity contribution in [1.29, 1.82) is 0 Å². The lowest BCUT2D eigenvalue weighted by atomic mass is 10.0. The summed E-state index contributed by atoms with van der Waals surface area (Å²) in [5.41, 5.74) is 2.02. The predicted octanol–water partition coefficient (Wildman–Crippen LogP) is 5.51. The van der Waals surface area contributed by atoms with Crippen molar-refractivity contribution in [2.75, 3.05) is 10.6 Å². The topological polar surface area (TPSA) is 71.1 Å². The first-order valence-corrected chi connectivity index (χ1v) is 9.02. The number of aryl methyl sites for hydroxylation is 1. The second-order valence-electron chi connectivity index (χ2n) is 5.48. The number of urea groups is 1. The van der Waals surface area contributed by atoms with Crippen LogP contribution < -0.4 is 10.6 Å². The second-order valence-corrected chi connectivity index (χ2v) is 7.14. The molecule has 0 saturated carbocycles. The number of amides is 2. The van der Waals surface area contributed by atoms with Gasteiger partial charge in [0.2, 0.25) is 0 Å². The molecule has 1 aromatic heterocycles. The van der Waals surface area contributed by atoms with Crippen molar-refractivity contribution < 1.29 is 9.59 Å². The molecule has 0 bridgehead atoms. The van der Waals surface area contributed by atoms with E-state index in [-0.39, 0.29) is 5.78 Å². The van der Waals surface area contributed by atoms with Gasteiger partial charge in [0.15, 0.2) is 10.9 Å². The van der Waals surface area contributed by atoms with E-state index in [0.717, 1.165) is 24.8 Å². The summed E-state index contributed by atoms with van der Waals surface area (Å²) in [5.74, 6) is 0.0414. The van der Waals surface area contributed by atoms with E-state index in [0.29, 0.717) is 27.1 Å². The average Bonchev–Trinajstić information content (AvgIpc) is 2.94. The first-order valence-electron chi connectivity index (χ1n) is 7.82. The zero-order valence-corrected chi connectivity index (χ0v) is 15.3. The van der Waals surface area contributed by atoms with E-state index in [4.69, 9.17) is 11.6 Å². The van der Waals surface area contributed by atoms with Crippen LogP contribution in [0.15, 0.2) is 24.4 Å². The number of nitrogens with zero attached hydrogens (tertiary/aromatic N) is 1. The Morgan fingerprint density at radius 3 is 2.71 bits per heavy atom. The van der Waals surface area contributed by atoms with Crippen LogP contribution in [0.25, 0.3) is 0 Å². The van der Waals surface area contributed by atoms with Crippen LogP contribution in [0.4, 0.5) is 15.6 Å². The molecular weight excluding hydrogens is 346 g/mol. The van der Waals surface area contributed by atoms with Gasteiger partial charge in [-0.1, -0.05) is 54.3 Å². The Bertz CT molecular complexity index is 730. The van der Waals surface area contributed by atoms with Gasteiger partial charge in [-0.25, -0.2) is 9.78 Å². The third-order valence-corrected chi connectivity index (χ3v) is 4.46. The molecule has 24 heavy (non-hydrogen) atoms. The van der Waals surface area contributed by atoms with Crippen molar-refractivity contribution in [3.8, 4) is 0 Å². The summed E-state index contributed by atoms with van der Waals surface area (Å²) in [4.78, 5) is 28.5. The summed E-state index contributed by atoms with van der Waals surface area (Å²) < 4.78 is 0.493. The lowest BCUT2D eigenvalue weighted by Gasteiger charge is -2.11. The molecule has 5 nitrogen and oxygen atoms in total. The Morgan fingerprint density at radius 1 is 1.25 bits per heavy atom. The standard InChI is InChI=1S/C17H20ClN3O2S/c1-3-4-5-6-14(22)12-9-11(2)7-8-13(12)20-16(23)21-17-19-10-15(18)24-17/h7-10H,3-6H2,1-2H3,(H2,19,20,21,23). The maximum absolute atomic E-state index is 12.4. The van der Waals surface area contributed by atoms with Crippen molar-refractivity contribution in [1.82, 2.24) is 4.98 Å². The van der Waals surface area contributed by atoms with Crippen LogP contribution in [-0.4, -0.2) is 16.8 Å². The minimum absolute atomic E-state index is 0.0414. The average molecular weight is 366 g/mol. The molecule has 0 saturated heterocycles. The van der Waals surface area contributed by atoms with Crippen molar-refractivity contribution in [2.45, 2.75) is 39.5 Å². The van der Waals surface area contributed by atoms with Gasteiger partial charge in [0.25, 0.3) is 0 Å². The van der Waals surface area contributed by atoms with Gasteiger partial charge in [0, 0.05) is 12.0 Å². The molecule has 0 fully saturated rings. The molecular formula is C17H20ClN3O2S. The van der Waals surface area contributed by atoms with Crippen LogP contribution in [0.1, 0.15) is 48.5 Å². The molecule has 0 aliphatic heterocycles. The number of hydrogen-bond acceptors (Lipinski definition) is 4. The van der Waals surface area contributed by atoms with E-state index in [9.17, 15) is 9.59 Å². The molecule has 2 N–H and O–H groups in total. The number of benzene rings is 1. The van der Waals surface area contributed by atoms with E-state index >= 15 is 0 Å². The van der Waals surface area contributed by atoms with Gasteiger partial charge in [-0.05, 0) is 25.5 Å². The molecule has 0 unspecified atom stereocenters. The predicted molar refractivity (Wildman–Crippen MR) is 99.4 cm³/mol. The summed E-state index contributed by atoms with van der Waals surface area (Å²) in [6.45, 7) is 4.02. The molecule has 1 aromatic carbocycles. The number of hydrogen-bond donors (Lipinski definition) is 2. The Labute approximate surface area is 150 Å². The highest BCUT2D eigenvalue weighted by molar-refractivity contribution is 7.19. The lowest BCUT2D eigenvalue weighted by Crippen LogP contribution is -2.21. The molecule has 7 heteroatoms. The molecule has 2 rings (SSSR count). The number of rotatable bonds is 7. The molecule has 0 aliphatic rings. The largest absolute Gasteiger partial charge is 0.325 e. The quantitative estimate of drug-likeness (QED) is 0.501. The normalized spacial score (nSPS) is 10.5.